The van der Waals surface area contributed by atoms with Gasteiger partial charge < -0.3 is 20.5 Å². The second-order valence-electron chi connectivity index (χ2n) is 6.50. The molecule has 7 heteroatoms. The van der Waals surface area contributed by atoms with Crippen LogP contribution in [0.1, 0.15) is 32.6 Å². The number of ether oxygens (including phenoxy) is 1. The first-order chi connectivity index (χ1) is 12.6. The van der Waals surface area contributed by atoms with Crippen molar-refractivity contribution in [3.8, 4) is 5.75 Å². The molecule has 0 saturated heterocycles. The first kappa shape index (κ1) is 20.8. The smallest absolute Gasteiger partial charge is 0.191 e. The van der Waals surface area contributed by atoms with E-state index in [1.54, 1.807) is 12.1 Å². The van der Waals surface area contributed by atoms with Crippen LogP contribution in [0.4, 0.5) is 4.39 Å². The van der Waals surface area contributed by atoms with Gasteiger partial charge in [-0.2, -0.15) is 11.8 Å². The maximum Gasteiger partial charge on any atom is 0.191 e. The zero-order valence-corrected chi connectivity index (χ0v) is 16.4. The molecular formula is C19H30FN3O2S. The predicted molar refractivity (Wildman–Crippen MR) is 107 cm³/mol. The van der Waals surface area contributed by atoms with Gasteiger partial charge in [0.25, 0.3) is 0 Å². The lowest BCUT2D eigenvalue weighted by Crippen LogP contribution is -2.46. The van der Waals surface area contributed by atoms with Crippen LogP contribution in [0.3, 0.4) is 0 Å². The second kappa shape index (κ2) is 11.3. The molecule has 1 aromatic carbocycles. The van der Waals surface area contributed by atoms with E-state index in [1.807, 2.05) is 18.7 Å². The Kier molecular flexibility index (Phi) is 9.05. The molecule has 0 aromatic heterocycles. The first-order valence-electron chi connectivity index (χ1n) is 9.24. The number of nitrogens with one attached hydrogen (secondary N) is 2. The largest absolute Gasteiger partial charge is 0.491 e. The SMILES string of the molecule is CCNC(=NCC(O)COc1ccc(F)cc1)NC1CCCC(SC)C1. The van der Waals surface area contributed by atoms with Crippen LogP contribution in [0.2, 0.25) is 0 Å². The molecule has 0 aliphatic heterocycles. The van der Waals surface area contributed by atoms with Gasteiger partial charge in [0.15, 0.2) is 5.96 Å². The quantitative estimate of drug-likeness (QED) is 0.476. The number of rotatable bonds is 8. The number of hydrogen-bond donors (Lipinski definition) is 3. The van der Waals surface area contributed by atoms with Gasteiger partial charge in [0.1, 0.15) is 24.3 Å². The van der Waals surface area contributed by atoms with Crippen LogP contribution in [0, 0.1) is 5.82 Å². The number of guanidine groups is 1. The van der Waals surface area contributed by atoms with Crippen LogP contribution in [0.5, 0.6) is 5.75 Å². The molecule has 0 radical (unpaired) electrons. The van der Waals surface area contributed by atoms with Crippen molar-refractivity contribution in [2.45, 2.75) is 50.0 Å². The van der Waals surface area contributed by atoms with E-state index in [9.17, 15) is 9.50 Å². The highest BCUT2D eigenvalue weighted by molar-refractivity contribution is 7.99. The molecule has 26 heavy (non-hydrogen) atoms. The maximum atomic E-state index is 12.9. The molecule has 1 saturated carbocycles. The number of benzene rings is 1. The summed E-state index contributed by atoms with van der Waals surface area (Å²) in [5.41, 5.74) is 0. The normalized spacial score (nSPS) is 21.9. The van der Waals surface area contributed by atoms with Crippen molar-refractivity contribution in [2.24, 2.45) is 4.99 Å². The molecule has 0 amide bonds. The molecule has 1 aliphatic carbocycles. The van der Waals surface area contributed by atoms with Gasteiger partial charge in [-0.05, 0) is 56.7 Å². The van der Waals surface area contributed by atoms with E-state index in [-0.39, 0.29) is 19.0 Å². The third-order valence-corrected chi connectivity index (χ3v) is 5.46. The number of thioether (sulfide) groups is 1. The standard InChI is InChI=1S/C19H30FN3O2S/c1-3-21-19(23-15-5-4-6-18(11-15)26-2)22-12-16(24)13-25-17-9-7-14(20)8-10-17/h7-10,15-16,18,24H,3-6,11-13H2,1-2H3,(H2,21,22,23). The predicted octanol–water partition coefficient (Wildman–Crippen LogP) is 2.79. The number of aliphatic hydroxyl groups excluding tert-OH is 1. The average Bonchev–Trinajstić information content (AvgIpc) is 2.66. The fourth-order valence-electron chi connectivity index (χ4n) is 2.98. The van der Waals surface area contributed by atoms with E-state index in [0.29, 0.717) is 17.0 Å². The van der Waals surface area contributed by atoms with Crippen LogP contribution in [-0.4, -0.2) is 54.4 Å². The van der Waals surface area contributed by atoms with Gasteiger partial charge in [-0.1, -0.05) is 6.42 Å². The molecule has 3 atom stereocenters. The van der Waals surface area contributed by atoms with E-state index < -0.39 is 6.10 Å². The highest BCUT2D eigenvalue weighted by atomic mass is 32.2. The van der Waals surface area contributed by atoms with E-state index in [1.165, 1.54) is 25.0 Å². The van der Waals surface area contributed by atoms with Crippen LogP contribution in [-0.2, 0) is 0 Å². The molecule has 0 bridgehead atoms. The van der Waals surface area contributed by atoms with Gasteiger partial charge in [-0.25, -0.2) is 4.39 Å². The summed E-state index contributed by atoms with van der Waals surface area (Å²) in [4.78, 5) is 4.48. The van der Waals surface area contributed by atoms with Gasteiger partial charge in [-0.15, -0.1) is 0 Å². The van der Waals surface area contributed by atoms with E-state index in [0.717, 1.165) is 25.3 Å². The lowest BCUT2D eigenvalue weighted by atomic mass is 9.95. The molecule has 3 unspecified atom stereocenters. The number of halogens is 1. The Labute approximate surface area is 159 Å². The number of aliphatic imine (C=N–C) groups is 1. The summed E-state index contributed by atoms with van der Waals surface area (Å²) >= 11 is 1.93. The minimum Gasteiger partial charge on any atom is -0.491 e. The Morgan fingerprint density at radius 2 is 2.15 bits per heavy atom. The summed E-state index contributed by atoms with van der Waals surface area (Å²) in [7, 11) is 0. The summed E-state index contributed by atoms with van der Waals surface area (Å²) < 4.78 is 18.3. The Bertz CT molecular complexity index is 556. The zero-order valence-electron chi connectivity index (χ0n) is 15.6. The van der Waals surface area contributed by atoms with E-state index >= 15 is 0 Å². The van der Waals surface area contributed by atoms with Crippen molar-refractivity contribution in [2.75, 3.05) is 26.0 Å². The number of hydrogen-bond acceptors (Lipinski definition) is 4. The van der Waals surface area contributed by atoms with Crippen molar-refractivity contribution in [3.05, 3.63) is 30.1 Å². The summed E-state index contributed by atoms with van der Waals surface area (Å²) in [6.07, 6.45) is 6.26. The molecule has 0 spiro atoms. The molecular weight excluding hydrogens is 353 g/mol. The van der Waals surface area contributed by atoms with Crippen molar-refractivity contribution >= 4 is 17.7 Å². The Morgan fingerprint density at radius 1 is 1.38 bits per heavy atom. The van der Waals surface area contributed by atoms with Gasteiger partial charge in [0.2, 0.25) is 0 Å². The molecule has 1 fully saturated rings. The van der Waals surface area contributed by atoms with Crippen LogP contribution >= 0.6 is 11.8 Å². The van der Waals surface area contributed by atoms with Gasteiger partial charge in [0, 0.05) is 17.8 Å². The summed E-state index contributed by atoms with van der Waals surface area (Å²) in [5, 5.41) is 17.5. The third-order valence-electron chi connectivity index (χ3n) is 4.36. The minimum atomic E-state index is -0.721. The molecule has 0 heterocycles. The van der Waals surface area contributed by atoms with E-state index in [4.69, 9.17) is 4.74 Å². The van der Waals surface area contributed by atoms with Crippen LogP contribution < -0.4 is 15.4 Å². The Hall–Kier alpha value is -1.47. The minimum absolute atomic E-state index is 0.118. The molecule has 3 N–H and O–H groups in total. The molecule has 5 nitrogen and oxygen atoms in total. The monoisotopic (exact) mass is 383 g/mol. The third kappa shape index (κ3) is 7.41. The molecule has 1 aromatic rings. The number of nitrogens with zero attached hydrogens (tertiary/aromatic N) is 1. The topological polar surface area (TPSA) is 65.9 Å². The molecule has 2 rings (SSSR count). The lowest BCUT2D eigenvalue weighted by molar-refractivity contribution is 0.114. The van der Waals surface area contributed by atoms with Crippen molar-refractivity contribution < 1.29 is 14.2 Å². The van der Waals surface area contributed by atoms with Crippen molar-refractivity contribution in [1.82, 2.24) is 10.6 Å². The average molecular weight is 384 g/mol. The summed E-state index contributed by atoms with van der Waals surface area (Å²) in [6.45, 7) is 3.16. The van der Waals surface area contributed by atoms with Crippen LogP contribution in [0.25, 0.3) is 0 Å². The first-order valence-corrected chi connectivity index (χ1v) is 10.5. The van der Waals surface area contributed by atoms with Crippen LogP contribution in [0.15, 0.2) is 29.3 Å². The lowest BCUT2D eigenvalue weighted by Gasteiger charge is -2.30. The summed E-state index contributed by atoms with van der Waals surface area (Å²) in [6, 6.07) is 6.18. The second-order valence-corrected chi connectivity index (χ2v) is 7.64. The summed E-state index contributed by atoms with van der Waals surface area (Å²) in [5.74, 6) is 0.958. The van der Waals surface area contributed by atoms with Gasteiger partial charge >= 0.3 is 0 Å². The zero-order chi connectivity index (χ0) is 18.8. The highest BCUT2D eigenvalue weighted by Gasteiger charge is 2.22. The van der Waals surface area contributed by atoms with Gasteiger partial charge in [0.05, 0.1) is 6.54 Å². The fraction of sp³-hybridized carbons (Fsp3) is 0.632. The Balaban J connectivity index is 1.80. The molecule has 146 valence electrons. The molecule has 1 aliphatic rings. The van der Waals surface area contributed by atoms with E-state index in [2.05, 4.69) is 21.9 Å². The fourth-order valence-corrected chi connectivity index (χ4v) is 3.80. The maximum absolute atomic E-state index is 12.9. The van der Waals surface area contributed by atoms with Crippen molar-refractivity contribution in [1.29, 1.82) is 0 Å². The van der Waals surface area contributed by atoms with Crippen molar-refractivity contribution in [3.63, 3.8) is 0 Å². The Morgan fingerprint density at radius 3 is 2.85 bits per heavy atom. The number of aliphatic hydroxyl groups is 1. The van der Waals surface area contributed by atoms with Gasteiger partial charge in [-0.3, -0.25) is 4.99 Å². The highest BCUT2D eigenvalue weighted by Crippen LogP contribution is 2.26.